The Morgan fingerprint density at radius 1 is 1.19 bits per heavy atom. The molecule has 6 heteroatoms. The number of hydrogen-bond donors (Lipinski definition) is 1. The molecule has 0 aliphatic heterocycles. The highest BCUT2D eigenvalue weighted by Gasteiger charge is 2.13. The van der Waals surface area contributed by atoms with Gasteiger partial charge in [-0.3, -0.25) is 0 Å². The molecule has 3 aromatic rings. The Labute approximate surface area is 128 Å². The van der Waals surface area contributed by atoms with E-state index in [9.17, 15) is 4.39 Å². The Hall–Kier alpha value is -2.21. The first-order valence-corrected chi connectivity index (χ1v) is 7.04. The van der Waals surface area contributed by atoms with Crippen molar-refractivity contribution in [3.05, 3.63) is 64.1 Å². The van der Waals surface area contributed by atoms with Crippen LogP contribution in [0.25, 0.3) is 11.5 Å². The van der Waals surface area contributed by atoms with Gasteiger partial charge in [-0.2, -0.15) is 4.98 Å². The largest absolute Gasteiger partial charge is 0.399 e. The standard InChI is InChI=1S/C15H11BrFN3O/c16-12-6-5-10(18)8-11(12)15-19-14(20-21-15)7-9-3-1-2-4-13(9)17/h1-6,8H,7,18H2. The third kappa shape index (κ3) is 2.95. The molecule has 0 amide bonds. The third-order valence-electron chi connectivity index (χ3n) is 3.00. The van der Waals surface area contributed by atoms with Gasteiger partial charge in [-0.25, -0.2) is 4.39 Å². The fraction of sp³-hybridized carbons (Fsp3) is 0.0667. The van der Waals surface area contributed by atoms with Gasteiger partial charge < -0.3 is 10.3 Å². The number of nitrogen functional groups attached to an aromatic ring is 1. The predicted molar refractivity (Wildman–Crippen MR) is 81.1 cm³/mol. The van der Waals surface area contributed by atoms with E-state index in [2.05, 4.69) is 26.1 Å². The number of hydrogen-bond acceptors (Lipinski definition) is 4. The van der Waals surface area contributed by atoms with E-state index in [-0.39, 0.29) is 12.2 Å². The Morgan fingerprint density at radius 3 is 2.81 bits per heavy atom. The number of aromatic nitrogens is 2. The summed E-state index contributed by atoms with van der Waals surface area (Å²) >= 11 is 3.41. The van der Waals surface area contributed by atoms with Crippen molar-refractivity contribution >= 4 is 21.6 Å². The van der Waals surface area contributed by atoms with Gasteiger partial charge in [0.2, 0.25) is 0 Å². The van der Waals surface area contributed by atoms with Crippen LogP contribution in [-0.4, -0.2) is 10.1 Å². The summed E-state index contributed by atoms with van der Waals surface area (Å²) in [5.74, 6) is 0.485. The zero-order valence-electron chi connectivity index (χ0n) is 10.9. The molecule has 21 heavy (non-hydrogen) atoms. The second-order valence-electron chi connectivity index (χ2n) is 4.52. The van der Waals surface area contributed by atoms with Gasteiger partial charge in [0.1, 0.15) is 5.82 Å². The lowest BCUT2D eigenvalue weighted by Crippen LogP contribution is -1.94. The van der Waals surface area contributed by atoms with Crippen molar-refractivity contribution in [2.75, 3.05) is 5.73 Å². The van der Waals surface area contributed by atoms with Gasteiger partial charge in [0.05, 0.1) is 5.56 Å². The summed E-state index contributed by atoms with van der Waals surface area (Å²) in [6.45, 7) is 0. The van der Waals surface area contributed by atoms with Crippen LogP contribution in [0.2, 0.25) is 0 Å². The molecule has 1 heterocycles. The molecular formula is C15H11BrFN3O. The monoisotopic (exact) mass is 347 g/mol. The summed E-state index contributed by atoms with van der Waals surface area (Å²) in [4.78, 5) is 4.29. The number of nitrogens with zero attached hydrogens (tertiary/aromatic N) is 2. The summed E-state index contributed by atoms with van der Waals surface area (Å²) in [5, 5.41) is 3.89. The van der Waals surface area contributed by atoms with Gasteiger partial charge in [0, 0.05) is 16.6 Å². The number of rotatable bonds is 3. The quantitative estimate of drug-likeness (QED) is 0.731. The molecule has 0 spiro atoms. The molecule has 2 aromatic carbocycles. The maximum Gasteiger partial charge on any atom is 0.259 e. The third-order valence-corrected chi connectivity index (χ3v) is 3.69. The summed E-state index contributed by atoms with van der Waals surface area (Å²) < 4.78 is 19.6. The van der Waals surface area contributed by atoms with E-state index < -0.39 is 0 Å². The number of nitrogens with two attached hydrogens (primary N) is 1. The molecule has 0 aliphatic rings. The molecular weight excluding hydrogens is 337 g/mol. The van der Waals surface area contributed by atoms with Crippen molar-refractivity contribution in [1.29, 1.82) is 0 Å². The Kier molecular flexibility index (Phi) is 3.70. The number of benzene rings is 2. The Balaban J connectivity index is 1.90. The number of halogens is 2. The van der Waals surface area contributed by atoms with Crippen LogP contribution >= 0.6 is 15.9 Å². The van der Waals surface area contributed by atoms with Crippen molar-refractivity contribution in [2.24, 2.45) is 0 Å². The van der Waals surface area contributed by atoms with Gasteiger partial charge in [0.15, 0.2) is 5.82 Å². The molecule has 106 valence electrons. The molecule has 0 aliphatic carbocycles. The fourth-order valence-electron chi connectivity index (χ4n) is 1.95. The fourth-order valence-corrected chi connectivity index (χ4v) is 2.37. The summed E-state index contributed by atoms with van der Waals surface area (Å²) in [6, 6.07) is 11.8. The van der Waals surface area contributed by atoms with Crippen molar-refractivity contribution in [2.45, 2.75) is 6.42 Å². The van der Waals surface area contributed by atoms with Crippen LogP contribution in [-0.2, 0) is 6.42 Å². The zero-order valence-corrected chi connectivity index (χ0v) is 12.5. The van der Waals surface area contributed by atoms with E-state index in [1.807, 2.05) is 6.07 Å². The lowest BCUT2D eigenvalue weighted by molar-refractivity contribution is 0.423. The second-order valence-corrected chi connectivity index (χ2v) is 5.38. The minimum Gasteiger partial charge on any atom is -0.399 e. The SMILES string of the molecule is Nc1ccc(Br)c(-c2nc(Cc3ccccc3F)no2)c1. The molecule has 0 saturated heterocycles. The van der Waals surface area contributed by atoms with Gasteiger partial charge >= 0.3 is 0 Å². The first kappa shape index (κ1) is 13.8. The first-order chi connectivity index (χ1) is 10.1. The molecule has 0 radical (unpaired) electrons. The van der Waals surface area contributed by atoms with Crippen molar-refractivity contribution in [3.63, 3.8) is 0 Å². The highest BCUT2D eigenvalue weighted by Crippen LogP contribution is 2.29. The van der Waals surface area contributed by atoms with Crippen molar-refractivity contribution < 1.29 is 8.91 Å². The molecule has 2 N–H and O–H groups in total. The first-order valence-electron chi connectivity index (χ1n) is 6.25. The van der Waals surface area contributed by atoms with E-state index in [4.69, 9.17) is 10.3 Å². The van der Waals surface area contributed by atoms with E-state index in [1.54, 1.807) is 30.3 Å². The lowest BCUT2D eigenvalue weighted by Gasteiger charge is -2.00. The second kappa shape index (κ2) is 5.65. The number of anilines is 1. The van der Waals surface area contributed by atoms with Crippen molar-refractivity contribution in [1.82, 2.24) is 10.1 Å². The summed E-state index contributed by atoms with van der Waals surface area (Å²) in [6.07, 6.45) is 0.274. The van der Waals surface area contributed by atoms with Gasteiger partial charge in [-0.05, 0) is 45.8 Å². The van der Waals surface area contributed by atoms with E-state index in [0.717, 1.165) is 4.47 Å². The molecule has 0 saturated carbocycles. The summed E-state index contributed by atoms with van der Waals surface area (Å²) in [7, 11) is 0. The van der Waals surface area contributed by atoms with Crippen molar-refractivity contribution in [3.8, 4) is 11.5 Å². The molecule has 0 fully saturated rings. The van der Waals surface area contributed by atoms with Crippen LogP contribution in [0.1, 0.15) is 11.4 Å². The zero-order chi connectivity index (χ0) is 14.8. The molecule has 0 atom stereocenters. The molecule has 1 aromatic heterocycles. The normalized spacial score (nSPS) is 10.8. The van der Waals surface area contributed by atoms with E-state index in [0.29, 0.717) is 28.5 Å². The average Bonchev–Trinajstić information content (AvgIpc) is 2.92. The minimum absolute atomic E-state index is 0.274. The average molecular weight is 348 g/mol. The minimum atomic E-state index is -0.283. The maximum absolute atomic E-state index is 13.6. The molecule has 0 unspecified atom stereocenters. The predicted octanol–water partition coefficient (Wildman–Crippen LogP) is 3.81. The maximum atomic E-state index is 13.6. The molecule has 3 rings (SSSR count). The van der Waals surface area contributed by atoms with Crippen LogP contribution < -0.4 is 5.73 Å². The highest BCUT2D eigenvalue weighted by molar-refractivity contribution is 9.10. The van der Waals surface area contributed by atoms with Gasteiger partial charge in [0.25, 0.3) is 5.89 Å². The molecule has 4 nitrogen and oxygen atoms in total. The van der Waals surface area contributed by atoms with Crippen LogP contribution in [0.4, 0.5) is 10.1 Å². The smallest absolute Gasteiger partial charge is 0.259 e. The van der Waals surface area contributed by atoms with E-state index >= 15 is 0 Å². The molecule has 0 bridgehead atoms. The van der Waals surface area contributed by atoms with Crippen LogP contribution in [0, 0.1) is 5.82 Å². The van der Waals surface area contributed by atoms with Crippen LogP contribution in [0.15, 0.2) is 51.5 Å². The van der Waals surface area contributed by atoms with E-state index in [1.165, 1.54) is 6.07 Å². The topological polar surface area (TPSA) is 64.9 Å². The van der Waals surface area contributed by atoms with Gasteiger partial charge in [-0.1, -0.05) is 23.4 Å². The van der Waals surface area contributed by atoms with Crippen LogP contribution in [0.5, 0.6) is 0 Å². The highest BCUT2D eigenvalue weighted by atomic mass is 79.9. The lowest BCUT2D eigenvalue weighted by atomic mass is 10.1. The Morgan fingerprint density at radius 2 is 2.00 bits per heavy atom. The summed E-state index contributed by atoms with van der Waals surface area (Å²) in [5.41, 5.74) is 7.59. The van der Waals surface area contributed by atoms with Gasteiger partial charge in [-0.15, -0.1) is 0 Å². The van der Waals surface area contributed by atoms with Crippen LogP contribution in [0.3, 0.4) is 0 Å². The Bertz CT molecular complexity index is 788.